The Labute approximate surface area is 160 Å². The molecule has 0 radical (unpaired) electrons. The summed E-state index contributed by atoms with van der Waals surface area (Å²) >= 11 is 1.20. The first-order chi connectivity index (χ1) is 12.9. The Balaban J connectivity index is 1.82. The number of aromatic nitrogens is 2. The van der Waals surface area contributed by atoms with Gasteiger partial charge in [0.1, 0.15) is 10.8 Å². The number of nitrogens with zero attached hydrogens (tertiary/aromatic N) is 3. The highest BCUT2D eigenvalue weighted by Crippen LogP contribution is 2.22. The fourth-order valence-electron chi connectivity index (χ4n) is 2.56. The van der Waals surface area contributed by atoms with E-state index >= 15 is 0 Å². The number of hydrogen-bond acceptors (Lipinski definition) is 7. The summed E-state index contributed by atoms with van der Waals surface area (Å²) in [7, 11) is -3.83. The molecule has 27 heavy (non-hydrogen) atoms. The van der Waals surface area contributed by atoms with Crippen LogP contribution in [-0.4, -0.2) is 55.1 Å². The van der Waals surface area contributed by atoms with Crippen LogP contribution in [-0.2, 0) is 21.2 Å². The lowest BCUT2D eigenvalue weighted by Gasteiger charge is -2.26. The lowest BCUT2D eigenvalue weighted by atomic mass is 10.2. The summed E-state index contributed by atoms with van der Waals surface area (Å²) in [5.74, 6) is -1.59. The van der Waals surface area contributed by atoms with Crippen LogP contribution in [0.1, 0.15) is 28.7 Å². The Bertz CT molecular complexity index is 926. The van der Waals surface area contributed by atoms with Crippen molar-refractivity contribution in [1.82, 2.24) is 14.5 Å². The van der Waals surface area contributed by atoms with Crippen LogP contribution in [0.25, 0.3) is 0 Å². The molecule has 3 rings (SSSR count). The van der Waals surface area contributed by atoms with Gasteiger partial charge in [-0.15, -0.1) is 10.2 Å². The number of rotatable bonds is 6. The molecule has 1 aromatic carbocycles. The second kappa shape index (κ2) is 8.38. The first kappa shape index (κ1) is 19.8. The van der Waals surface area contributed by atoms with Crippen molar-refractivity contribution < 1.29 is 22.3 Å². The zero-order valence-corrected chi connectivity index (χ0v) is 16.3. The van der Waals surface area contributed by atoms with Gasteiger partial charge in [-0.2, -0.15) is 4.31 Å². The number of hydrogen-bond donors (Lipinski definition) is 1. The second-order valence-electron chi connectivity index (χ2n) is 5.86. The molecular formula is C16H19FN4O4S2. The van der Waals surface area contributed by atoms with Crippen molar-refractivity contribution >= 4 is 32.4 Å². The van der Waals surface area contributed by atoms with Gasteiger partial charge in [0.2, 0.25) is 15.2 Å². The molecule has 1 saturated heterocycles. The van der Waals surface area contributed by atoms with Gasteiger partial charge in [-0.25, -0.2) is 12.8 Å². The van der Waals surface area contributed by atoms with Crippen molar-refractivity contribution in [3.8, 4) is 0 Å². The molecular weight excluding hydrogens is 395 g/mol. The molecule has 8 nitrogen and oxygen atoms in total. The molecule has 2 heterocycles. The first-order valence-corrected chi connectivity index (χ1v) is 10.7. The van der Waals surface area contributed by atoms with E-state index in [-0.39, 0.29) is 28.7 Å². The van der Waals surface area contributed by atoms with Gasteiger partial charge in [-0.05, 0) is 24.6 Å². The maximum atomic E-state index is 14.2. The maximum absolute atomic E-state index is 14.2. The Morgan fingerprint density at radius 1 is 1.33 bits per heavy atom. The van der Waals surface area contributed by atoms with Crippen LogP contribution >= 0.6 is 11.3 Å². The van der Waals surface area contributed by atoms with Gasteiger partial charge >= 0.3 is 0 Å². The van der Waals surface area contributed by atoms with Gasteiger partial charge < -0.3 is 4.74 Å². The summed E-state index contributed by atoms with van der Waals surface area (Å²) < 4.78 is 46.0. The van der Waals surface area contributed by atoms with Crippen molar-refractivity contribution in [3.05, 3.63) is 34.6 Å². The molecule has 2 aromatic rings. The van der Waals surface area contributed by atoms with E-state index in [2.05, 4.69) is 15.5 Å². The fourth-order valence-corrected chi connectivity index (χ4v) is 4.83. The minimum atomic E-state index is -3.83. The first-order valence-electron chi connectivity index (χ1n) is 8.43. The number of benzene rings is 1. The molecule has 1 N–H and O–H groups in total. The zero-order chi connectivity index (χ0) is 19.4. The number of nitrogens with one attached hydrogen (secondary N) is 1. The number of halogens is 1. The highest BCUT2D eigenvalue weighted by atomic mass is 32.2. The van der Waals surface area contributed by atoms with Crippen LogP contribution in [0.3, 0.4) is 0 Å². The summed E-state index contributed by atoms with van der Waals surface area (Å²) in [6.07, 6.45) is 1.62. The number of anilines is 1. The highest BCUT2D eigenvalue weighted by molar-refractivity contribution is 7.89. The molecule has 1 aliphatic heterocycles. The van der Waals surface area contributed by atoms with E-state index in [0.29, 0.717) is 13.2 Å². The van der Waals surface area contributed by atoms with E-state index in [1.165, 1.54) is 15.6 Å². The van der Waals surface area contributed by atoms with Gasteiger partial charge in [-0.1, -0.05) is 18.3 Å². The van der Waals surface area contributed by atoms with Crippen LogP contribution in [0.5, 0.6) is 0 Å². The van der Waals surface area contributed by atoms with E-state index in [1.54, 1.807) is 0 Å². The molecule has 0 saturated carbocycles. The van der Waals surface area contributed by atoms with E-state index < -0.39 is 21.7 Å². The standard InChI is InChI=1S/C16H19FN4O4S2/c1-2-3-14-19-20-16(26-14)18-15(22)12-10-11(4-5-13(12)17)27(23,24)21-6-8-25-9-7-21/h4-5,10H,2-3,6-9H2,1H3,(H,18,20,22). The van der Waals surface area contributed by atoms with Crippen LogP contribution in [0.2, 0.25) is 0 Å². The topological polar surface area (TPSA) is 101 Å². The minimum absolute atomic E-state index is 0.139. The SMILES string of the molecule is CCCc1nnc(NC(=O)c2cc(S(=O)(=O)N3CCOCC3)ccc2F)s1. The average molecular weight is 414 g/mol. The molecule has 0 atom stereocenters. The van der Waals surface area contributed by atoms with Crippen LogP contribution in [0.4, 0.5) is 9.52 Å². The lowest BCUT2D eigenvalue weighted by Crippen LogP contribution is -2.40. The van der Waals surface area contributed by atoms with E-state index in [4.69, 9.17) is 4.74 Å². The molecule has 0 bridgehead atoms. The summed E-state index contributed by atoms with van der Waals surface area (Å²) in [4.78, 5) is 12.3. The van der Waals surface area contributed by atoms with Crippen LogP contribution in [0, 0.1) is 5.82 Å². The van der Waals surface area contributed by atoms with E-state index in [1.807, 2.05) is 6.92 Å². The largest absolute Gasteiger partial charge is 0.379 e. The van der Waals surface area contributed by atoms with Gasteiger partial charge in [0.05, 0.1) is 23.7 Å². The third-order valence-corrected chi connectivity index (χ3v) is 6.73. The van der Waals surface area contributed by atoms with E-state index in [9.17, 15) is 17.6 Å². The van der Waals surface area contributed by atoms with Crippen molar-refractivity contribution in [2.45, 2.75) is 24.7 Å². The summed E-state index contributed by atoms with van der Waals surface area (Å²) in [5, 5.41) is 11.3. The number of carbonyl (C=O) groups is 1. The normalized spacial score (nSPS) is 15.6. The maximum Gasteiger partial charge on any atom is 0.260 e. The Morgan fingerprint density at radius 3 is 2.78 bits per heavy atom. The van der Waals surface area contributed by atoms with Gasteiger partial charge in [0, 0.05) is 19.5 Å². The average Bonchev–Trinajstić information content (AvgIpc) is 3.10. The number of sulfonamides is 1. The van der Waals surface area contributed by atoms with Gasteiger partial charge in [-0.3, -0.25) is 10.1 Å². The molecule has 11 heteroatoms. The third kappa shape index (κ3) is 4.49. The summed E-state index contributed by atoms with van der Waals surface area (Å²) in [6.45, 7) is 3.02. The Kier molecular flexibility index (Phi) is 6.15. The predicted octanol–water partition coefficient (Wildman–Crippen LogP) is 1.90. The Morgan fingerprint density at radius 2 is 2.07 bits per heavy atom. The highest BCUT2D eigenvalue weighted by Gasteiger charge is 2.28. The monoisotopic (exact) mass is 414 g/mol. The molecule has 1 aromatic heterocycles. The minimum Gasteiger partial charge on any atom is -0.379 e. The number of ether oxygens (including phenoxy) is 1. The zero-order valence-electron chi connectivity index (χ0n) is 14.6. The van der Waals surface area contributed by atoms with Crippen molar-refractivity contribution in [1.29, 1.82) is 0 Å². The molecule has 0 unspecified atom stereocenters. The quantitative estimate of drug-likeness (QED) is 0.775. The van der Waals surface area contributed by atoms with Crippen molar-refractivity contribution in [2.75, 3.05) is 31.6 Å². The lowest BCUT2D eigenvalue weighted by molar-refractivity contribution is 0.0730. The van der Waals surface area contributed by atoms with Crippen LogP contribution in [0.15, 0.2) is 23.1 Å². The van der Waals surface area contributed by atoms with Crippen molar-refractivity contribution in [2.24, 2.45) is 0 Å². The molecule has 1 fully saturated rings. The number of carbonyl (C=O) groups excluding carboxylic acids is 1. The number of amides is 1. The molecule has 0 spiro atoms. The molecule has 1 amide bonds. The van der Waals surface area contributed by atoms with Crippen LogP contribution < -0.4 is 5.32 Å². The fraction of sp³-hybridized carbons (Fsp3) is 0.438. The van der Waals surface area contributed by atoms with Gasteiger partial charge in [0.15, 0.2) is 0 Å². The molecule has 146 valence electrons. The molecule has 0 aliphatic carbocycles. The predicted molar refractivity (Wildman–Crippen MR) is 97.8 cm³/mol. The number of morpholine rings is 1. The molecule has 1 aliphatic rings. The summed E-state index contributed by atoms with van der Waals surface area (Å²) in [5.41, 5.74) is -0.364. The smallest absolute Gasteiger partial charge is 0.260 e. The van der Waals surface area contributed by atoms with Crippen molar-refractivity contribution in [3.63, 3.8) is 0 Å². The Hall–Kier alpha value is -1.95. The number of aryl methyl sites for hydroxylation is 1. The van der Waals surface area contributed by atoms with E-state index in [0.717, 1.165) is 36.0 Å². The second-order valence-corrected chi connectivity index (χ2v) is 8.86. The summed E-state index contributed by atoms with van der Waals surface area (Å²) in [6, 6.07) is 3.18. The third-order valence-electron chi connectivity index (χ3n) is 3.94. The van der Waals surface area contributed by atoms with Gasteiger partial charge in [0.25, 0.3) is 5.91 Å².